The van der Waals surface area contributed by atoms with E-state index in [-0.39, 0.29) is 12.1 Å². The Morgan fingerprint density at radius 1 is 1.47 bits per heavy atom. The lowest BCUT2D eigenvalue weighted by Gasteiger charge is -2.35. The van der Waals surface area contributed by atoms with E-state index in [4.69, 9.17) is 9.47 Å². The van der Waals surface area contributed by atoms with Gasteiger partial charge in [0.1, 0.15) is 0 Å². The first kappa shape index (κ1) is 14.0. The van der Waals surface area contributed by atoms with E-state index in [1.807, 2.05) is 19.1 Å². The first-order valence-corrected chi connectivity index (χ1v) is 6.53. The van der Waals surface area contributed by atoms with E-state index in [9.17, 15) is 4.79 Å². The van der Waals surface area contributed by atoms with Crippen molar-refractivity contribution < 1.29 is 14.3 Å². The van der Waals surface area contributed by atoms with Gasteiger partial charge in [-0.1, -0.05) is 0 Å². The van der Waals surface area contributed by atoms with Gasteiger partial charge in [-0.25, -0.2) is 4.79 Å². The smallest absolute Gasteiger partial charge is 0.336 e. The summed E-state index contributed by atoms with van der Waals surface area (Å²) in [6, 6.07) is 4.03. The Balaban J connectivity index is 1.87. The second kappa shape index (κ2) is 6.63. The Labute approximate surface area is 113 Å². The number of hydrogen-bond acceptors (Lipinski definition) is 5. The van der Waals surface area contributed by atoms with Gasteiger partial charge < -0.3 is 9.47 Å². The monoisotopic (exact) mass is 264 g/mol. The van der Waals surface area contributed by atoms with Gasteiger partial charge >= 0.3 is 5.97 Å². The van der Waals surface area contributed by atoms with E-state index >= 15 is 0 Å². The van der Waals surface area contributed by atoms with Crippen LogP contribution < -0.4 is 0 Å². The molecule has 2 atom stereocenters. The molecular weight excluding hydrogens is 244 g/mol. The second-order valence-corrected chi connectivity index (χ2v) is 4.82. The molecule has 0 unspecified atom stereocenters. The van der Waals surface area contributed by atoms with E-state index in [0.29, 0.717) is 6.54 Å². The lowest BCUT2D eigenvalue weighted by Crippen LogP contribution is -2.50. The van der Waals surface area contributed by atoms with Gasteiger partial charge in [-0.2, -0.15) is 0 Å². The van der Waals surface area contributed by atoms with Gasteiger partial charge in [0.2, 0.25) is 0 Å². The van der Waals surface area contributed by atoms with Crippen molar-refractivity contribution in [3.8, 4) is 0 Å². The summed E-state index contributed by atoms with van der Waals surface area (Å²) >= 11 is 0. The van der Waals surface area contributed by atoms with E-state index < -0.39 is 6.10 Å². The molecule has 2 rings (SSSR count). The minimum atomic E-state index is -0.466. The number of nitrogens with zero attached hydrogens (tertiary/aromatic N) is 2. The van der Waals surface area contributed by atoms with Crippen molar-refractivity contribution in [3.63, 3.8) is 0 Å². The molecule has 0 saturated carbocycles. The predicted octanol–water partition coefficient (Wildman–Crippen LogP) is 0.886. The van der Waals surface area contributed by atoms with Crippen molar-refractivity contribution in [2.24, 2.45) is 0 Å². The fourth-order valence-corrected chi connectivity index (χ4v) is 2.32. The van der Waals surface area contributed by atoms with E-state index in [2.05, 4.69) is 9.88 Å². The maximum absolute atomic E-state index is 11.6. The SMILES string of the molecule is COC(=O)[C@H]1CN(CCc2ccncc2)C[C@@H](C)O1. The molecule has 1 aromatic rings. The average molecular weight is 264 g/mol. The molecule has 1 fully saturated rings. The molecule has 0 aromatic carbocycles. The van der Waals surface area contributed by atoms with Crippen molar-refractivity contribution >= 4 is 5.97 Å². The summed E-state index contributed by atoms with van der Waals surface area (Å²) < 4.78 is 10.3. The molecule has 19 heavy (non-hydrogen) atoms. The molecule has 1 aliphatic rings. The lowest BCUT2D eigenvalue weighted by molar-refractivity contribution is -0.166. The minimum absolute atomic E-state index is 0.0512. The van der Waals surface area contributed by atoms with Gasteiger partial charge in [0.25, 0.3) is 0 Å². The minimum Gasteiger partial charge on any atom is -0.467 e. The first-order valence-electron chi connectivity index (χ1n) is 6.53. The van der Waals surface area contributed by atoms with Crippen LogP contribution in [0.4, 0.5) is 0 Å². The molecule has 0 aliphatic carbocycles. The molecule has 0 radical (unpaired) electrons. The van der Waals surface area contributed by atoms with Crippen molar-refractivity contribution in [3.05, 3.63) is 30.1 Å². The van der Waals surface area contributed by atoms with Crippen molar-refractivity contribution in [1.82, 2.24) is 9.88 Å². The third-order valence-electron chi connectivity index (χ3n) is 3.27. The van der Waals surface area contributed by atoms with Crippen LogP contribution in [0.2, 0.25) is 0 Å². The standard InChI is InChI=1S/C14H20N2O3/c1-11-9-16(10-13(19-11)14(17)18-2)8-5-12-3-6-15-7-4-12/h3-4,6-7,11,13H,5,8-10H2,1-2H3/t11-,13-/m1/s1. The van der Waals surface area contributed by atoms with Crippen LogP contribution in [0.25, 0.3) is 0 Å². The van der Waals surface area contributed by atoms with Gasteiger partial charge in [-0.05, 0) is 31.0 Å². The quantitative estimate of drug-likeness (QED) is 0.756. The number of carbonyl (C=O) groups excluding carboxylic acids is 1. The van der Waals surface area contributed by atoms with E-state index in [1.54, 1.807) is 12.4 Å². The van der Waals surface area contributed by atoms with Gasteiger partial charge in [0, 0.05) is 32.0 Å². The molecule has 104 valence electrons. The van der Waals surface area contributed by atoms with Crippen LogP contribution in [0.3, 0.4) is 0 Å². The van der Waals surface area contributed by atoms with E-state index in [1.165, 1.54) is 12.7 Å². The van der Waals surface area contributed by atoms with Crippen LogP contribution in [0, 0.1) is 0 Å². The number of aromatic nitrogens is 1. The molecule has 0 amide bonds. The number of rotatable bonds is 4. The second-order valence-electron chi connectivity index (χ2n) is 4.82. The highest BCUT2D eigenvalue weighted by Crippen LogP contribution is 2.13. The fourth-order valence-electron chi connectivity index (χ4n) is 2.32. The Morgan fingerprint density at radius 3 is 2.89 bits per heavy atom. The van der Waals surface area contributed by atoms with Crippen LogP contribution >= 0.6 is 0 Å². The Bertz CT molecular complexity index is 410. The largest absolute Gasteiger partial charge is 0.467 e. The van der Waals surface area contributed by atoms with E-state index in [0.717, 1.165) is 19.5 Å². The van der Waals surface area contributed by atoms with Crippen LogP contribution in [0.5, 0.6) is 0 Å². The normalized spacial score (nSPS) is 24.1. The molecule has 0 spiro atoms. The van der Waals surface area contributed by atoms with Crippen molar-refractivity contribution in [1.29, 1.82) is 0 Å². The van der Waals surface area contributed by atoms with Gasteiger partial charge in [0.05, 0.1) is 13.2 Å². The molecule has 1 aromatic heterocycles. The zero-order chi connectivity index (χ0) is 13.7. The molecule has 0 bridgehead atoms. The summed E-state index contributed by atoms with van der Waals surface area (Å²) in [5, 5.41) is 0. The molecule has 0 N–H and O–H groups in total. The van der Waals surface area contributed by atoms with Crippen LogP contribution in [-0.2, 0) is 20.7 Å². The summed E-state index contributed by atoms with van der Waals surface area (Å²) in [5.74, 6) is -0.291. The van der Waals surface area contributed by atoms with Crippen LogP contribution in [0.1, 0.15) is 12.5 Å². The molecule has 5 nitrogen and oxygen atoms in total. The third-order valence-corrected chi connectivity index (χ3v) is 3.27. The molecular formula is C14H20N2O3. The van der Waals surface area contributed by atoms with Crippen molar-refractivity contribution in [2.75, 3.05) is 26.7 Å². The fraction of sp³-hybridized carbons (Fsp3) is 0.571. The topological polar surface area (TPSA) is 51.7 Å². The summed E-state index contributed by atoms with van der Waals surface area (Å²) in [6.45, 7) is 4.33. The number of carbonyl (C=O) groups is 1. The lowest BCUT2D eigenvalue weighted by atomic mass is 10.1. The molecule has 1 saturated heterocycles. The Kier molecular flexibility index (Phi) is 4.87. The highest BCUT2D eigenvalue weighted by molar-refractivity contribution is 5.74. The number of morpholine rings is 1. The number of esters is 1. The maximum Gasteiger partial charge on any atom is 0.336 e. The highest BCUT2D eigenvalue weighted by Gasteiger charge is 2.30. The third kappa shape index (κ3) is 4.01. The van der Waals surface area contributed by atoms with Crippen LogP contribution in [-0.4, -0.2) is 54.8 Å². The predicted molar refractivity (Wildman–Crippen MR) is 70.7 cm³/mol. The number of pyridine rings is 1. The number of methoxy groups -OCH3 is 1. The van der Waals surface area contributed by atoms with Crippen LogP contribution in [0.15, 0.2) is 24.5 Å². The maximum atomic E-state index is 11.6. The van der Waals surface area contributed by atoms with Crippen molar-refractivity contribution in [2.45, 2.75) is 25.6 Å². The van der Waals surface area contributed by atoms with Gasteiger partial charge in [-0.15, -0.1) is 0 Å². The number of ether oxygens (including phenoxy) is 2. The number of hydrogen-bond donors (Lipinski definition) is 0. The molecule has 1 aliphatic heterocycles. The zero-order valence-corrected chi connectivity index (χ0v) is 11.4. The Hall–Kier alpha value is -1.46. The highest BCUT2D eigenvalue weighted by atomic mass is 16.6. The summed E-state index contributed by atoms with van der Waals surface area (Å²) in [5.41, 5.74) is 1.25. The molecule has 5 heteroatoms. The Morgan fingerprint density at radius 2 is 2.21 bits per heavy atom. The first-order chi connectivity index (χ1) is 9.19. The summed E-state index contributed by atoms with van der Waals surface area (Å²) in [7, 11) is 1.40. The van der Waals surface area contributed by atoms with Gasteiger partial charge in [0.15, 0.2) is 6.10 Å². The average Bonchev–Trinajstić information content (AvgIpc) is 2.45. The van der Waals surface area contributed by atoms with Gasteiger partial charge in [-0.3, -0.25) is 9.88 Å². The zero-order valence-electron chi connectivity index (χ0n) is 11.4. The summed E-state index contributed by atoms with van der Waals surface area (Å²) in [6.07, 6.45) is 4.13. The molecule has 2 heterocycles. The summed E-state index contributed by atoms with van der Waals surface area (Å²) in [4.78, 5) is 17.8.